The number of benzene rings is 1. The average Bonchev–Trinajstić information content (AvgIpc) is 3.23. The number of nitrogens with zero attached hydrogens (tertiary/aromatic N) is 4. The Labute approximate surface area is 175 Å². The van der Waals surface area contributed by atoms with Gasteiger partial charge in [0, 0.05) is 37.7 Å². The number of hydrogen-bond donors (Lipinski definition) is 1. The number of anilines is 1. The molecule has 1 N–H and O–H groups in total. The van der Waals surface area contributed by atoms with Gasteiger partial charge in [-0.2, -0.15) is 13.2 Å². The van der Waals surface area contributed by atoms with Crippen LogP contribution in [0.25, 0.3) is 10.6 Å². The third-order valence-electron chi connectivity index (χ3n) is 4.85. The molecule has 0 unspecified atom stereocenters. The fourth-order valence-electron chi connectivity index (χ4n) is 3.32. The van der Waals surface area contributed by atoms with E-state index in [2.05, 4.69) is 20.1 Å². The lowest BCUT2D eigenvalue weighted by Crippen LogP contribution is -2.38. The topological polar surface area (TPSA) is 71.4 Å². The van der Waals surface area contributed by atoms with Crippen LogP contribution in [-0.4, -0.2) is 39.5 Å². The highest BCUT2D eigenvalue weighted by Crippen LogP contribution is 2.37. The van der Waals surface area contributed by atoms with E-state index in [0.29, 0.717) is 35.9 Å². The second-order valence-electron chi connectivity index (χ2n) is 6.86. The zero-order valence-corrected chi connectivity index (χ0v) is 16.7. The minimum absolute atomic E-state index is 0.120. The maximum absolute atomic E-state index is 13.1. The first-order valence-electron chi connectivity index (χ1n) is 9.41. The standard InChI is InChI=1S/C20H19F3N4O2S/c21-20(22,23)15-3-1-2-4-16(15)29-14-7-9-27(10-8-14)17-6-5-13(11-24-17)19-26-25-18(12-28)30-19/h1-6,11,14,28H,7-10,12H2. The number of aliphatic hydroxyl groups excluding tert-OH is 1. The molecule has 1 fully saturated rings. The van der Waals surface area contributed by atoms with Gasteiger partial charge in [0.1, 0.15) is 27.7 Å². The first-order valence-corrected chi connectivity index (χ1v) is 10.2. The fraction of sp³-hybridized carbons (Fsp3) is 0.350. The summed E-state index contributed by atoms with van der Waals surface area (Å²) in [6, 6.07) is 9.09. The first kappa shape index (κ1) is 20.5. The van der Waals surface area contributed by atoms with Crippen molar-refractivity contribution in [2.45, 2.75) is 31.7 Å². The lowest BCUT2D eigenvalue weighted by Gasteiger charge is -2.33. The Morgan fingerprint density at radius 1 is 1.10 bits per heavy atom. The van der Waals surface area contributed by atoms with Crippen molar-refractivity contribution in [3.05, 3.63) is 53.2 Å². The third kappa shape index (κ3) is 4.54. The third-order valence-corrected chi connectivity index (χ3v) is 5.81. The monoisotopic (exact) mass is 436 g/mol. The minimum Gasteiger partial charge on any atom is -0.490 e. The summed E-state index contributed by atoms with van der Waals surface area (Å²) in [5.74, 6) is 0.671. The normalized spacial score (nSPS) is 15.4. The quantitative estimate of drug-likeness (QED) is 0.648. The molecule has 0 spiro atoms. The highest BCUT2D eigenvalue weighted by atomic mass is 32.1. The van der Waals surface area contributed by atoms with Crippen LogP contribution in [0.3, 0.4) is 0 Å². The van der Waals surface area contributed by atoms with Gasteiger partial charge in [0.15, 0.2) is 0 Å². The molecule has 10 heteroatoms. The summed E-state index contributed by atoms with van der Waals surface area (Å²) in [5, 5.41) is 18.2. The molecule has 1 aliphatic heterocycles. The van der Waals surface area contributed by atoms with Crippen LogP contribution >= 0.6 is 11.3 Å². The van der Waals surface area contributed by atoms with Crippen LogP contribution in [-0.2, 0) is 12.8 Å². The van der Waals surface area contributed by atoms with Crippen LogP contribution in [0.1, 0.15) is 23.4 Å². The second kappa shape index (κ2) is 8.57. The van der Waals surface area contributed by atoms with Crippen LogP contribution in [0.15, 0.2) is 42.6 Å². The largest absolute Gasteiger partial charge is 0.490 e. The molecule has 3 aromatic rings. The van der Waals surface area contributed by atoms with Gasteiger partial charge in [-0.1, -0.05) is 23.5 Å². The lowest BCUT2D eigenvalue weighted by atomic mass is 10.1. The molecule has 0 bridgehead atoms. The number of piperidine rings is 1. The van der Waals surface area contributed by atoms with E-state index in [1.54, 1.807) is 12.3 Å². The number of hydrogen-bond acceptors (Lipinski definition) is 7. The lowest BCUT2D eigenvalue weighted by molar-refractivity contribution is -0.139. The van der Waals surface area contributed by atoms with Crippen LogP contribution in [0.5, 0.6) is 5.75 Å². The number of ether oxygens (including phenoxy) is 1. The predicted octanol–water partition coefficient (Wildman–Crippen LogP) is 4.16. The molecule has 6 nitrogen and oxygen atoms in total. The molecule has 0 saturated carbocycles. The Kier molecular flexibility index (Phi) is 5.87. The summed E-state index contributed by atoms with van der Waals surface area (Å²) in [5.41, 5.74) is 0.0728. The molecule has 0 radical (unpaired) electrons. The fourth-order valence-corrected chi connectivity index (χ4v) is 4.01. The molecule has 3 heterocycles. The molecule has 2 aromatic heterocycles. The summed E-state index contributed by atoms with van der Waals surface area (Å²) in [6.45, 7) is 1.13. The van der Waals surface area contributed by atoms with Crippen molar-refractivity contribution in [1.82, 2.24) is 15.2 Å². The Hall–Kier alpha value is -2.72. The van der Waals surface area contributed by atoms with Gasteiger partial charge in [-0.3, -0.25) is 0 Å². The maximum atomic E-state index is 13.1. The number of para-hydroxylation sites is 1. The molecule has 1 aromatic carbocycles. The minimum atomic E-state index is -4.44. The van der Waals surface area contributed by atoms with Crippen LogP contribution < -0.4 is 9.64 Å². The number of halogens is 3. The highest BCUT2D eigenvalue weighted by Gasteiger charge is 2.35. The number of aromatic nitrogens is 3. The SMILES string of the molecule is OCc1nnc(-c2ccc(N3CCC(Oc4ccccc4C(F)(F)F)CC3)nc2)s1. The van der Waals surface area contributed by atoms with Gasteiger partial charge in [-0.15, -0.1) is 10.2 Å². The van der Waals surface area contributed by atoms with E-state index in [1.165, 1.54) is 23.5 Å². The van der Waals surface area contributed by atoms with E-state index in [1.807, 2.05) is 12.1 Å². The van der Waals surface area contributed by atoms with E-state index in [0.717, 1.165) is 17.4 Å². The summed E-state index contributed by atoms with van der Waals surface area (Å²) in [7, 11) is 0. The molecule has 0 amide bonds. The van der Waals surface area contributed by atoms with Gasteiger partial charge in [0.25, 0.3) is 0 Å². The van der Waals surface area contributed by atoms with Gasteiger partial charge in [0.05, 0.1) is 12.2 Å². The van der Waals surface area contributed by atoms with E-state index >= 15 is 0 Å². The van der Waals surface area contributed by atoms with E-state index < -0.39 is 11.7 Å². The zero-order chi connectivity index (χ0) is 21.1. The Bertz CT molecular complexity index is 986. The van der Waals surface area contributed by atoms with E-state index in [4.69, 9.17) is 9.84 Å². The summed E-state index contributed by atoms with van der Waals surface area (Å²) in [6.07, 6.45) is -1.80. The van der Waals surface area contributed by atoms with E-state index in [-0.39, 0.29) is 18.5 Å². The Morgan fingerprint density at radius 3 is 2.50 bits per heavy atom. The molecular weight excluding hydrogens is 417 g/mol. The first-order chi connectivity index (χ1) is 14.4. The van der Waals surface area contributed by atoms with Crippen molar-refractivity contribution >= 4 is 17.2 Å². The van der Waals surface area contributed by atoms with E-state index in [9.17, 15) is 13.2 Å². The van der Waals surface area contributed by atoms with Gasteiger partial charge >= 0.3 is 6.18 Å². The van der Waals surface area contributed by atoms with Gasteiger partial charge in [-0.25, -0.2) is 4.98 Å². The van der Waals surface area contributed by atoms with Gasteiger partial charge in [0.2, 0.25) is 0 Å². The van der Waals surface area contributed by atoms with Gasteiger partial charge < -0.3 is 14.7 Å². The smallest absolute Gasteiger partial charge is 0.419 e. The molecule has 1 aliphatic rings. The molecule has 1 saturated heterocycles. The van der Waals surface area contributed by atoms with Crippen LogP contribution in [0.2, 0.25) is 0 Å². The second-order valence-corrected chi connectivity index (χ2v) is 7.92. The molecule has 0 atom stereocenters. The molecule has 30 heavy (non-hydrogen) atoms. The number of aliphatic hydroxyl groups is 1. The summed E-state index contributed by atoms with van der Waals surface area (Å²) >= 11 is 1.31. The average molecular weight is 436 g/mol. The van der Waals surface area contributed by atoms with Crippen molar-refractivity contribution in [2.75, 3.05) is 18.0 Å². The number of rotatable bonds is 5. The Morgan fingerprint density at radius 2 is 1.87 bits per heavy atom. The van der Waals surface area contributed by atoms with Crippen molar-refractivity contribution in [3.8, 4) is 16.3 Å². The highest BCUT2D eigenvalue weighted by molar-refractivity contribution is 7.14. The number of pyridine rings is 1. The summed E-state index contributed by atoms with van der Waals surface area (Å²) in [4.78, 5) is 6.56. The Balaban J connectivity index is 1.37. The van der Waals surface area contributed by atoms with Crippen molar-refractivity contribution in [3.63, 3.8) is 0 Å². The zero-order valence-electron chi connectivity index (χ0n) is 15.8. The predicted molar refractivity (Wildman–Crippen MR) is 106 cm³/mol. The number of alkyl halides is 3. The molecular formula is C20H19F3N4O2S. The van der Waals surface area contributed by atoms with Gasteiger partial charge in [-0.05, 0) is 24.3 Å². The van der Waals surface area contributed by atoms with Crippen molar-refractivity contribution in [2.24, 2.45) is 0 Å². The molecule has 158 valence electrons. The van der Waals surface area contributed by atoms with Crippen LogP contribution in [0.4, 0.5) is 19.0 Å². The van der Waals surface area contributed by atoms with Crippen LogP contribution in [0, 0.1) is 0 Å². The van der Waals surface area contributed by atoms with Crippen molar-refractivity contribution < 1.29 is 23.0 Å². The molecule has 4 rings (SSSR count). The molecule has 0 aliphatic carbocycles. The van der Waals surface area contributed by atoms with Crippen molar-refractivity contribution in [1.29, 1.82) is 0 Å². The summed E-state index contributed by atoms with van der Waals surface area (Å²) < 4.78 is 45.1. The maximum Gasteiger partial charge on any atom is 0.419 e.